The Morgan fingerprint density at radius 3 is 2.60 bits per heavy atom. The molecule has 0 aliphatic carbocycles. The molecular formula is C28H33N5O8S. The van der Waals surface area contributed by atoms with Gasteiger partial charge in [-0.15, -0.1) is 0 Å². The minimum Gasteiger partial charge on any atom is -0.465 e. The number of esters is 2. The highest BCUT2D eigenvalue weighted by atomic mass is 32.2. The Labute approximate surface area is 246 Å². The van der Waals surface area contributed by atoms with Crippen molar-refractivity contribution in [1.82, 2.24) is 19.5 Å². The lowest BCUT2D eigenvalue weighted by atomic mass is 10.1. The number of fused-ring (bicyclic) bond motifs is 1. The molecule has 0 saturated carbocycles. The third-order valence-electron chi connectivity index (χ3n) is 6.61. The topological polar surface area (TPSA) is 172 Å². The number of nitrogens with zero attached hydrogens (tertiary/aromatic N) is 4. The summed E-state index contributed by atoms with van der Waals surface area (Å²) in [4.78, 5) is 61.0. The summed E-state index contributed by atoms with van der Waals surface area (Å²) < 4.78 is 18.2. The van der Waals surface area contributed by atoms with E-state index in [4.69, 9.17) is 14.2 Å². The third kappa shape index (κ3) is 8.11. The second-order valence-electron chi connectivity index (χ2n) is 9.69. The molecule has 3 aromatic rings. The zero-order valence-electron chi connectivity index (χ0n) is 23.4. The summed E-state index contributed by atoms with van der Waals surface area (Å²) in [5, 5.41) is 12.5. The van der Waals surface area contributed by atoms with Gasteiger partial charge in [0.15, 0.2) is 17.0 Å². The monoisotopic (exact) mass is 599 g/mol. The Morgan fingerprint density at radius 1 is 1.10 bits per heavy atom. The van der Waals surface area contributed by atoms with E-state index in [-0.39, 0.29) is 49.9 Å². The number of hydrogen-bond acceptors (Lipinski definition) is 12. The minimum atomic E-state index is -0.761. The summed E-state index contributed by atoms with van der Waals surface area (Å²) in [6.45, 7) is 1.42. The number of ketones is 1. The number of aromatic nitrogens is 4. The number of carbonyl (C=O) groups excluding carboxylic acids is 4. The largest absolute Gasteiger partial charge is 0.465 e. The SMILES string of the molecule is CSCCOC(=O)CCc1ccc(C(=O)Nc2ncnc3c2ncn3[C@H]2CC(OC(=O)CCC(C)=O)[C@@H](CO)O2)cc1. The number of imidazole rings is 1. The van der Waals surface area contributed by atoms with E-state index >= 15 is 0 Å². The van der Waals surface area contributed by atoms with Gasteiger partial charge in [-0.1, -0.05) is 12.1 Å². The summed E-state index contributed by atoms with van der Waals surface area (Å²) in [6.07, 6.45) is 3.62. The summed E-state index contributed by atoms with van der Waals surface area (Å²) in [5.41, 5.74) is 2.00. The smallest absolute Gasteiger partial charge is 0.306 e. The van der Waals surface area contributed by atoms with Crippen molar-refractivity contribution < 1.29 is 38.5 Å². The first kappa shape index (κ1) is 31.1. The molecule has 0 radical (unpaired) electrons. The second-order valence-corrected chi connectivity index (χ2v) is 10.7. The average Bonchev–Trinajstić information content (AvgIpc) is 3.60. The van der Waals surface area contributed by atoms with Gasteiger partial charge in [-0.2, -0.15) is 11.8 Å². The van der Waals surface area contributed by atoms with Crippen molar-refractivity contribution in [2.75, 3.05) is 30.5 Å². The van der Waals surface area contributed by atoms with Crippen molar-refractivity contribution in [2.24, 2.45) is 0 Å². The number of ether oxygens (including phenoxy) is 3. The maximum atomic E-state index is 13.0. The van der Waals surface area contributed by atoms with Gasteiger partial charge in [-0.25, -0.2) is 15.0 Å². The van der Waals surface area contributed by atoms with Crippen molar-refractivity contribution in [1.29, 1.82) is 0 Å². The first-order valence-electron chi connectivity index (χ1n) is 13.5. The molecule has 4 rings (SSSR count). The number of amides is 1. The highest BCUT2D eigenvalue weighted by Gasteiger charge is 2.39. The van der Waals surface area contributed by atoms with Gasteiger partial charge in [0.2, 0.25) is 0 Å². The number of aliphatic hydroxyl groups excluding tert-OH is 1. The fraction of sp³-hybridized carbons (Fsp3) is 0.464. The molecule has 2 N–H and O–H groups in total. The normalized spacial score (nSPS) is 18.1. The standard InChI is InChI=1S/C28H33N5O8S/c1-17(35)3-9-24(37)41-20-13-22(40-21(20)14-34)33-16-31-25-26(29-15-30-27(25)33)32-28(38)19-7-4-18(5-8-19)6-10-23(36)39-11-12-42-2/h4-5,7-8,15-16,20-22,34H,3,6,9-14H2,1-2H3,(H,29,30,32,38)/t20?,21-,22-/m1/s1. The number of nitrogens with one attached hydrogen (secondary N) is 1. The zero-order valence-corrected chi connectivity index (χ0v) is 24.2. The number of benzene rings is 1. The van der Waals surface area contributed by atoms with Crippen molar-refractivity contribution in [3.05, 3.63) is 48.0 Å². The van der Waals surface area contributed by atoms with Gasteiger partial charge in [0, 0.05) is 30.6 Å². The molecule has 1 aliphatic rings. The Kier molecular flexibility index (Phi) is 11.0. The molecule has 1 aromatic carbocycles. The Bertz CT molecular complexity index is 1410. The number of anilines is 1. The number of aryl methyl sites for hydroxylation is 1. The van der Waals surface area contributed by atoms with E-state index in [2.05, 4.69) is 20.3 Å². The van der Waals surface area contributed by atoms with Gasteiger partial charge in [0.05, 0.1) is 19.4 Å². The molecule has 1 amide bonds. The van der Waals surface area contributed by atoms with Crippen LogP contribution < -0.4 is 5.32 Å². The Morgan fingerprint density at radius 2 is 1.88 bits per heavy atom. The molecule has 1 unspecified atom stereocenters. The van der Waals surface area contributed by atoms with Gasteiger partial charge in [0.25, 0.3) is 5.91 Å². The van der Waals surface area contributed by atoms with Gasteiger partial charge >= 0.3 is 11.9 Å². The highest BCUT2D eigenvalue weighted by Crippen LogP contribution is 2.33. The molecule has 13 nitrogen and oxygen atoms in total. The van der Waals surface area contributed by atoms with Crippen LogP contribution in [-0.4, -0.2) is 85.7 Å². The first-order valence-corrected chi connectivity index (χ1v) is 14.9. The van der Waals surface area contributed by atoms with Crippen molar-refractivity contribution >= 4 is 52.4 Å². The summed E-state index contributed by atoms with van der Waals surface area (Å²) in [7, 11) is 0. The van der Waals surface area contributed by atoms with Crippen LogP contribution >= 0.6 is 11.8 Å². The average molecular weight is 600 g/mol. The van der Waals surface area contributed by atoms with Crippen LogP contribution in [0.3, 0.4) is 0 Å². The quantitative estimate of drug-likeness (QED) is 0.205. The number of rotatable bonds is 14. The molecule has 1 fully saturated rings. The zero-order chi connectivity index (χ0) is 30.1. The van der Waals surface area contributed by atoms with Gasteiger partial charge in [-0.05, 0) is 37.3 Å². The van der Waals surface area contributed by atoms with Gasteiger partial charge in [-0.3, -0.25) is 19.0 Å². The van der Waals surface area contributed by atoms with Crippen LogP contribution in [0, 0.1) is 0 Å². The molecule has 3 atom stereocenters. The van der Waals surface area contributed by atoms with E-state index in [1.807, 2.05) is 6.26 Å². The Hall–Kier alpha value is -3.88. The van der Waals surface area contributed by atoms with Crippen molar-refractivity contribution in [3.8, 4) is 0 Å². The van der Waals surface area contributed by atoms with Crippen LogP contribution in [0.25, 0.3) is 11.2 Å². The van der Waals surface area contributed by atoms with Crippen LogP contribution in [0.4, 0.5) is 5.82 Å². The van der Waals surface area contributed by atoms with E-state index in [9.17, 15) is 24.3 Å². The molecular weight excluding hydrogens is 566 g/mol. The molecule has 1 aliphatic heterocycles. The summed E-state index contributed by atoms with van der Waals surface area (Å²) in [6, 6.07) is 6.90. The maximum absolute atomic E-state index is 13.0. The van der Waals surface area contributed by atoms with Crippen LogP contribution in [0.2, 0.25) is 0 Å². The maximum Gasteiger partial charge on any atom is 0.306 e. The van der Waals surface area contributed by atoms with Gasteiger partial charge in [0.1, 0.15) is 37.2 Å². The van der Waals surface area contributed by atoms with Crippen LogP contribution in [0.5, 0.6) is 0 Å². The first-order chi connectivity index (χ1) is 20.3. The molecule has 0 spiro atoms. The lowest BCUT2D eigenvalue weighted by Crippen LogP contribution is -2.30. The van der Waals surface area contributed by atoms with Crippen molar-refractivity contribution in [2.45, 2.75) is 57.5 Å². The number of aliphatic hydroxyl groups is 1. The van der Waals surface area contributed by atoms with E-state index < -0.39 is 30.3 Å². The molecule has 42 heavy (non-hydrogen) atoms. The molecule has 14 heteroatoms. The highest BCUT2D eigenvalue weighted by molar-refractivity contribution is 7.98. The summed E-state index contributed by atoms with van der Waals surface area (Å²) >= 11 is 1.61. The van der Waals surface area contributed by atoms with Crippen molar-refractivity contribution in [3.63, 3.8) is 0 Å². The van der Waals surface area contributed by atoms with E-state index in [1.165, 1.54) is 19.6 Å². The molecule has 2 aromatic heterocycles. The molecule has 1 saturated heterocycles. The Balaban J connectivity index is 1.38. The number of carbonyl (C=O) groups is 4. The predicted octanol–water partition coefficient (Wildman–Crippen LogP) is 2.48. The van der Waals surface area contributed by atoms with Gasteiger partial charge < -0.3 is 29.4 Å². The third-order valence-corrected chi connectivity index (χ3v) is 7.18. The lowest BCUT2D eigenvalue weighted by Gasteiger charge is -2.16. The van der Waals surface area contributed by atoms with Crippen LogP contribution in [0.15, 0.2) is 36.9 Å². The lowest BCUT2D eigenvalue weighted by molar-refractivity contribution is -0.153. The second kappa shape index (κ2) is 14.8. The summed E-state index contributed by atoms with van der Waals surface area (Å²) in [5.74, 6) is -0.361. The van der Waals surface area contributed by atoms with Crippen LogP contribution in [-0.2, 0) is 35.0 Å². The molecule has 224 valence electrons. The number of hydrogen-bond donors (Lipinski definition) is 2. The van der Waals surface area contributed by atoms with Crippen LogP contribution in [0.1, 0.15) is 54.8 Å². The number of thioether (sulfide) groups is 1. The fourth-order valence-corrected chi connectivity index (χ4v) is 4.63. The van der Waals surface area contributed by atoms with E-state index in [0.717, 1.165) is 11.3 Å². The predicted molar refractivity (Wildman–Crippen MR) is 153 cm³/mol. The fourth-order valence-electron chi connectivity index (χ4n) is 4.38. The molecule has 3 heterocycles. The van der Waals surface area contributed by atoms with E-state index in [0.29, 0.717) is 29.8 Å². The number of Topliss-reactive ketones (excluding diaryl/α,β-unsaturated/α-hetero) is 1. The minimum absolute atomic E-state index is 0.0468. The molecule has 0 bridgehead atoms. The van der Waals surface area contributed by atoms with E-state index in [1.54, 1.807) is 40.6 Å².